The summed E-state index contributed by atoms with van der Waals surface area (Å²) in [5.41, 5.74) is 1.22. The lowest BCUT2D eigenvalue weighted by Gasteiger charge is -2.03. The molecule has 2 rings (SSSR count). The summed E-state index contributed by atoms with van der Waals surface area (Å²) in [6.07, 6.45) is 4.43. The standard InChI is InChI=1S/C12H10N2O3/c1-14-3-2-8(5-11(14)15)9-4-10(12(16)17)7-13-6-9/h2-7H,1H3,(H,16,17). The van der Waals surface area contributed by atoms with E-state index in [0.717, 1.165) is 0 Å². The van der Waals surface area contributed by atoms with Gasteiger partial charge in [-0.2, -0.15) is 0 Å². The number of carboxylic acids is 1. The summed E-state index contributed by atoms with van der Waals surface area (Å²) >= 11 is 0. The molecule has 2 aromatic heterocycles. The Hall–Kier alpha value is -2.43. The number of aromatic carboxylic acids is 1. The Morgan fingerprint density at radius 1 is 1.29 bits per heavy atom. The van der Waals surface area contributed by atoms with Crippen LogP contribution in [0, 0.1) is 0 Å². The number of carbonyl (C=O) groups is 1. The molecule has 2 aromatic rings. The minimum Gasteiger partial charge on any atom is -0.478 e. The Balaban J connectivity index is 2.53. The molecule has 0 unspecified atom stereocenters. The maximum Gasteiger partial charge on any atom is 0.337 e. The van der Waals surface area contributed by atoms with Crippen LogP contribution in [0.2, 0.25) is 0 Å². The minimum atomic E-state index is -1.04. The van der Waals surface area contributed by atoms with Crippen molar-refractivity contribution in [3.05, 3.63) is 52.7 Å². The average Bonchev–Trinajstić information content (AvgIpc) is 2.33. The van der Waals surface area contributed by atoms with Gasteiger partial charge in [0.1, 0.15) is 0 Å². The Morgan fingerprint density at radius 3 is 2.71 bits per heavy atom. The monoisotopic (exact) mass is 230 g/mol. The Labute approximate surface area is 97.0 Å². The molecular formula is C12H10N2O3. The second kappa shape index (κ2) is 4.21. The molecule has 86 valence electrons. The quantitative estimate of drug-likeness (QED) is 0.839. The van der Waals surface area contributed by atoms with Crippen molar-refractivity contribution < 1.29 is 9.90 Å². The zero-order valence-corrected chi connectivity index (χ0v) is 9.12. The molecule has 0 aromatic carbocycles. The van der Waals surface area contributed by atoms with Gasteiger partial charge in [0.2, 0.25) is 0 Å². The van der Waals surface area contributed by atoms with E-state index in [4.69, 9.17) is 5.11 Å². The van der Waals surface area contributed by atoms with E-state index in [-0.39, 0.29) is 11.1 Å². The van der Waals surface area contributed by atoms with E-state index in [1.807, 2.05) is 0 Å². The molecule has 0 aliphatic heterocycles. The highest BCUT2D eigenvalue weighted by atomic mass is 16.4. The fourth-order valence-corrected chi connectivity index (χ4v) is 1.44. The van der Waals surface area contributed by atoms with E-state index >= 15 is 0 Å². The molecule has 0 aliphatic rings. The highest BCUT2D eigenvalue weighted by molar-refractivity contribution is 5.88. The van der Waals surface area contributed by atoms with E-state index in [2.05, 4.69) is 4.98 Å². The molecule has 17 heavy (non-hydrogen) atoms. The first-order valence-corrected chi connectivity index (χ1v) is 4.93. The van der Waals surface area contributed by atoms with Crippen LogP contribution in [0.15, 0.2) is 41.6 Å². The number of hydrogen-bond acceptors (Lipinski definition) is 3. The van der Waals surface area contributed by atoms with Crippen molar-refractivity contribution in [2.75, 3.05) is 0 Å². The van der Waals surface area contributed by atoms with Crippen molar-refractivity contribution >= 4 is 5.97 Å². The van der Waals surface area contributed by atoms with E-state index < -0.39 is 5.97 Å². The maximum atomic E-state index is 11.5. The van der Waals surface area contributed by atoms with Gasteiger partial charge in [0, 0.05) is 37.3 Å². The maximum absolute atomic E-state index is 11.5. The molecule has 2 heterocycles. The van der Waals surface area contributed by atoms with E-state index in [1.165, 1.54) is 29.1 Å². The SMILES string of the molecule is Cn1ccc(-c2cncc(C(=O)O)c2)cc1=O. The molecule has 0 atom stereocenters. The molecule has 0 spiro atoms. The van der Waals surface area contributed by atoms with Crippen molar-refractivity contribution in [1.82, 2.24) is 9.55 Å². The largest absolute Gasteiger partial charge is 0.478 e. The summed E-state index contributed by atoms with van der Waals surface area (Å²) in [5.74, 6) is -1.04. The first kappa shape index (κ1) is 11.1. The summed E-state index contributed by atoms with van der Waals surface area (Å²) in [6.45, 7) is 0. The van der Waals surface area contributed by atoms with Crippen LogP contribution in [0.3, 0.4) is 0 Å². The zero-order chi connectivity index (χ0) is 12.4. The lowest BCUT2D eigenvalue weighted by Crippen LogP contribution is -2.14. The van der Waals surface area contributed by atoms with Gasteiger partial charge in [-0.25, -0.2) is 4.79 Å². The molecule has 0 saturated heterocycles. The summed E-state index contributed by atoms with van der Waals surface area (Å²) < 4.78 is 1.44. The van der Waals surface area contributed by atoms with Crippen LogP contribution in [-0.4, -0.2) is 20.6 Å². The third kappa shape index (κ3) is 2.23. The fraction of sp³-hybridized carbons (Fsp3) is 0.0833. The van der Waals surface area contributed by atoms with E-state index in [1.54, 1.807) is 19.3 Å². The molecule has 0 amide bonds. The summed E-state index contributed by atoms with van der Waals surface area (Å²) in [5, 5.41) is 8.85. The van der Waals surface area contributed by atoms with Gasteiger partial charge in [-0.3, -0.25) is 9.78 Å². The minimum absolute atomic E-state index is 0.100. The number of aromatic nitrogens is 2. The Kier molecular flexibility index (Phi) is 2.74. The van der Waals surface area contributed by atoms with Gasteiger partial charge in [0.15, 0.2) is 0 Å². The van der Waals surface area contributed by atoms with Gasteiger partial charge in [-0.1, -0.05) is 0 Å². The lowest BCUT2D eigenvalue weighted by atomic mass is 10.1. The lowest BCUT2D eigenvalue weighted by molar-refractivity contribution is 0.0696. The molecule has 0 aliphatic carbocycles. The number of aryl methyl sites for hydroxylation is 1. The first-order chi connectivity index (χ1) is 8.08. The van der Waals surface area contributed by atoms with Crippen LogP contribution in [0.1, 0.15) is 10.4 Å². The molecule has 0 saturated carbocycles. The molecule has 0 radical (unpaired) electrons. The summed E-state index contributed by atoms with van der Waals surface area (Å²) in [7, 11) is 1.65. The van der Waals surface area contributed by atoms with Crippen molar-refractivity contribution in [2.24, 2.45) is 7.05 Å². The smallest absolute Gasteiger partial charge is 0.337 e. The second-order valence-electron chi connectivity index (χ2n) is 3.63. The third-order valence-electron chi connectivity index (χ3n) is 2.42. The van der Waals surface area contributed by atoms with Crippen molar-refractivity contribution in [3.63, 3.8) is 0 Å². The number of carboxylic acid groups (broad SMARTS) is 1. The van der Waals surface area contributed by atoms with Gasteiger partial charge in [-0.15, -0.1) is 0 Å². The van der Waals surface area contributed by atoms with Crippen molar-refractivity contribution in [1.29, 1.82) is 0 Å². The normalized spacial score (nSPS) is 10.2. The molecular weight excluding hydrogens is 220 g/mol. The van der Waals surface area contributed by atoms with Crippen LogP contribution in [0.4, 0.5) is 0 Å². The van der Waals surface area contributed by atoms with E-state index in [0.29, 0.717) is 11.1 Å². The van der Waals surface area contributed by atoms with Gasteiger partial charge >= 0.3 is 5.97 Å². The van der Waals surface area contributed by atoms with Crippen molar-refractivity contribution in [2.45, 2.75) is 0 Å². The number of hydrogen-bond donors (Lipinski definition) is 1. The summed E-state index contributed by atoms with van der Waals surface area (Å²) in [4.78, 5) is 26.1. The second-order valence-corrected chi connectivity index (χ2v) is 3.63. The third-order valence-corrected chi connectivity index (χ3v) is 2.42. The first-order valence-electron chi connectivity index (χ1n) is 4.93. The zero-order valence-electron chi connectivity index (χ0n) is 9.12. The average molecular weight is 230 g/mol. The topological polar surface area (TPSA) is 72.2 Å². The highest BCUT2D eigenvalue weighted by Gasteiger charge is 2.06. The number of rotatable bonds is 2. The molecule has 5 heteroatoms. The van der Waals surface area contributed by atoms with Crippen molar-refractivity contribution in [3.8, 4) is 11.1 Å². The predicted octanol–water partition coefficient (Wildman–Crippen LogP) is 1.15. The van der Waals surface area contributed by atoms with E-state index in [9.17, 15) is 9.59 Å². The van der Waals surface area contributed by atoms with Crippen LogP contribution < -0.4 is 5.56 Å². The molecule has 1 N–H and O–H groups in total. The number of pyridine rings is 2. The van der Waals surface area contributed by atoms with Crippen LogP contribution in [0.25, 0.3) is 11.1 Å². The number of nitrogens with zero attached hydrogens (tertiary/aromatic N) is 2. The highest BCUT2D eigenvalue weighted by Crippen LogP contribution is 2.17. The Bertz CT molecular complexity index is 632. The van der Waals surface area contributed by atoms with Gasteiger partial charge in [0.25, 0.3) is 5.56 Å². The van der Waals surface area contributed by atoms with Crippen LogP contribution >= 0.6 is 0 Å². The Morgan fingerprint density at radius 2 is 2.06 bits per heavy atom. The van der Waals surface area contributed by atoms with Gasteiger partial charge in [-0.05, 0) is 17.7 Å². The van der Waals surface area contributed by atoms with Gasteiger partial charge < -0.3 is 9.67 Å². The van der Waals surface area contributed by atoms with Crippen LogP contribution in [-0.2, 0) is 7.05 Å². The van der Waals surface area contributed by atoms with Crippen LogP contribution in [0.5, 0.6) is 0 Å². The summed E-state index contributed by atoms with van der Waals surface area (Å²) in [6, 6.07) is 4.68. The predicted molar refractivity (Wildman–Crippen MR) is 61.9 cm³/mol. The van der Waals surface area contributed by atoms with Gasteiger partial charge in [0.05, 0.1) is 5.56 Å². The molecule has 0 bridgehead atoms. The molecule has 5 nitrogen and oxygen atoms in total. The fourth-order valence-electron chi connectivity index (χ4n) is 1.44. The molecule has 0 fully saturated rings.